The van der Waals surface area contributed by atoms with E-state index in [1.165, 1.54) is 59.1 Å². The third-order valence-electron chi connectivity index (χ3n) is 6.20. The van der Waals surface area contributed by atoms with Gasteiger partial charge >= 0.3 is 0 Å². The minimum Gasteiger partial charge on any atom is -0.224 e. The van der Waals surface area contributed by atoms with Crippen LogP contribution in [0.25, 0.3) is 11.1 Å². The van der Waals surface area contributed by atoms with Gasteiger partial charge in [0.25, 0.3) is 0 Å². The molecule has 0 aromatic heterocycles. The van der Waals surface area contributed by atoms with Gasteiger partial charge in [-0.15, -0.1) is 11.8 Å². The van der Waals surface area contributed by atoms with E-state index in [2.05, 4.69) is 30.5 Å². The Labute approximate surface area is 167 Å². The Kier molecular flexibility index (Phi) is 4.98. The second-order valence-electron chi connectivity index (χ2n) is 8.04. The zero-order valence-electron chi connectivity index (χ0n) is 16.0. The lowest BCUT2D eigenvalue weighted by Crippen LogP contribution is -2.11. The van der Waals surface area contributed by atoms with Gasteiger partial charge in [-0.3, -0.25) is 0 Å². The van der Waals surface area contributed by atoms with Crippen molar-refractivity contribution in [3.63, 3.8) is 0 Å². The minimum absolute atomic E-state index is 0.395. The zero-order valence-corrected chi connectivity index (χ0v) is 17.6. The average molecular weight is 399 g/mol. The summed E-state index contributed by atoms with van der Waals surface area (Å²) in [5.41, 5.74) is 5.78. The van der Waals surface area contributed by atoms with Crippen LogP contribution >= 0.6 is 11.8 Å². The van der Waals surface area contributed by atoms with Gasteiger partial charge in [0.05, 0.1) is 4.90 Å². The van der Waals surface area contributed by atoms with Crippen molar-refractivity contribution in [1.82, 2.24) is 0 Å². The van der Waals surface area contributed by atoms with Gasteiger partial charge in [-0.25, -0.2) is 8.42 Å². The number of sulfone groups is 1. The summed E-state index contributed by atoms with van der Waals surface area (Å²) in [6.07, 6.45) is 10.9. The number of allylic oxidation sites excluding steroid dienone is 2. The van der Waals surface area contributed by atoms with Crippen molar-refractivity contribution in [2.75, 3.05) is 12.5 Å². The molecule has 1 saturated carbocycles. The topological polar surface area (TPSA) is 34.1 Å². The summed E-state index contributed by atoms with van der Waals surface area (Å²) in [5.74, 6) is 0. The van der Waals surface area contributed by atoms with Crippen LogP contribution in [0.15, 0.2) is 58.3 Å². The third kappa shape index (κ3) is 3.74. The van der Waals surface area contributed by atoms with Crippen molar-refractivity contribution in [2.45, 2.75) is 48.3 Å². The average Bonchev–Trinajstić information content (AvgIpc) is 3.28. The molecule has 0 unspecified atom stereocenters. The predicted octanol–water partition coefficient (Wildman–Crippen LogP) is 6.08. The maximum atomic E-state index is 11.8. The van der Waals surface area contributed by atoms with E-state index in [0.717, 1.165) is 12.8 Å². The standard InChI is InChI=1S/C23H26O2S2/c1-26-19-9-5-17(6-10-19)21-15-23(13-3-4-14-23)16-22(21)18-7-11-20(12-8-18)27(2,24)25/h5-12H,3-4,13-16H2,1-2H3. The molecule has 0 heterocycles. The fraction of sp³-hybridized carbons (Fsp3) is 0.391. The van der Waals surface area contributed by atoms with E-state index < -0.39 is 9.84 Å². The molecule has 2 aromatic rings. The summed E-state index contributed by atoms with van der Waals surface area (Å²) in [7, 11) is -3.16. The Balaban J connectivity index is 1.76. The van der Waals surface area contributed by atoms with Crippen molar-refractivity contribution in [3.8, 4) is 0 Å². The first-order valence-corrected chi connectivity index (χ1v) is 12.7. The van der Waals surface area contributed by atoms with Crippen LogP contribution in [0.2, 0.25) is 0 Å². The highest BCUT2D eigenvalue weighted by molar-refractivity contribution is 7.98. The molecule has 0 aliphatic heterocycles. The summed E-state index contributed by atoms with van der Waals surface area (Å²) in [4.78, 5) is 1.68. The van der Waals surface area contributed by atoms with Crippen molar-refractivity contribution in [2.24, 2.45) is 5.41 Å². The molecule has 0 bridgehead atoms. The number of rotatable bonds is 4. The van der Waals surface area contributed by atoms with Gasteiger partial charge in [-0.2, -0.15) is 0 Å². The number of hydrogen-bond acceptors (Lipinski definition) is 3. The summed E-state index contributed by atoms with van der Waals surface area (Å²) in [5, 5.41) is 0. The molecule has 27 heavy (non-hydrogen) atoms. The molecule has 4 rings (SSSR count). The molecule has 0 saturated heterocycles. The predicted molar refractivity (Wildman–Crippen MR) is 115 cm³/mol. The molecule has 2 aromatic carbocycles. The van der Waals surface area contributed by atoms with Gasteiger partial charge in [-0.1, -0.05) is 37.1 Å². The van der Waals surface area contributed by atoms with E-state index in [-0.39, 0.29) is 0 Å². The maximum Gasteiger partial charge on any atom is 0.175 e. The molecule has 2 nitrogen and oxygen atoms in total. The molecule has 2 aliphatic rings. The van der Waals surface area contributed by atoms with E-state index in [4.69, 9.17) is 0 Å². The molecule has 2 aliphatic carbocycles. The van der Waals surface area contributed by atoms with Gasteiger partial charge in [-0.05, 0) is 83.9 Å². The van der Waals surface area contributed by atoms with Crippen LogP contribution < -0.4 is 0 Å². The second-order valence-corrected chi connectivity index (χ2v) is 10.9. The van der Waals surface area contributed by atoms with Gasteiger partial charge in [0.15, 0.2) is 9.84 Å². The zero-order chi connectivity index (χ0) is 19.1. The summed E-state index contributed by atoms with van der Waals surface area (Å²) in [6.45, 7) is 0. The molecule has 4 heteroatoms. The van der Waals surface area contributed by atoms with E-state index in [0.29, 0.717) is 10.3 Å². The Hall–Kier alpha value is -1.52. The first kappa shape index (κ1) is 18.8. The fourth-order valence-electron chi connectivity index (χ4n) is 4.75. The lowest BCUT2D eigenvalue weighted by molar-refractivity contribution is 0.330. The fourth-order valence-corrected chi connectivity index (χ4v) is 5.79. The van der Waals surface area contributed by atoms with Crippen LogP contribution in [-0.4, -0.2) is 20.9 Å². The van der Waals surface area contributed by atoms with Crippen LogP contribution in [0.5, 0.6) is 0 Å². The SMILES string of the molecule is CSc1ccc(C2=C(c3ccc(S(C)(=O)=O)cc3)CC3(CCCC3)C2)cc1. The van der Waals surface area contributed by atoms with Crippen LogP contribution in [0, 0.1) is 5.41 Å². The van der Waals surface area contributed by atoms with Crippen molar-refractivity contribution < 1.29 is 8.42 Å². The van der Waals surface area contributed by atoms with Gasteiger partial charge in [0, 0.05) is 11.2 Å². The normalized spacial score (nSPS) is 19.2. The molecular formula is C23H26O2S2. The smallest absolute Gasteiger partial charge is 0.175 e. The number of thioether (sulfide) groups is 1. The molecule has 142 valence electrons. The van der Waals surface area contributed by atoms with Crippen LogP contribution in [-0.2, 0) is 9.84 Å². The van der Waals surface area contributed by atoms with Gasteiger partial charge in [0.1, 0.15) is 0 Å². The molecule has 1 spiro atoms. The first-order chi connectivity index (χ1) is 12.9. The summed E-state index contributed by atoms with van der Waals surface area (Å²) >= 11 is 1.77. The Morgan fingerprint density at radius 1 is 0.815 bits per heavy atom. The Morgan fingerprint density at radius 3 is 1.74 bits per heavy atom. The summed E-state index contributed by atoms with van der Waals surface area (Å²) in [6, 6.07) is 16.4. The minimum atomic E-state index is -3.16. The van der Waals surface area contributed by atoms with E-state index in [1.807, 2.05) is 12.1 Å². The van der Waals surface area contributed by atoms with Crippen molar-refractivity contribution in [1.29, 1.82) is 0 Å². The lowest BCUT2D eigenvalue weighted by atomic mass is 9.81. The monoisotopic (exact) mass is 398 g/mol. The Morgan fingerprint density at radius 2 is 1.30 bits per heavy atom. The quantitative estimate of drug-likeness (QED) is 0.586. The first-order valence-electron chi connectivity index (χ1n) is 9.57. The molecule has 1 fully saturated rings. The van der Waals surface area contributed by atoms with E-state index in [1.54, 1.807) is 23.9 Å². The van der Waals surface area contributed by atoms with Gasteiger partial charge in [0.2, 0.25) is 0 Å². The van der Waals surface area contributed by atoms with Crippen molar-refractivity contribution in [3.05, 3.63) is 59.7 Å². The van der Waals surface area contributed by atoms with Crippen LogP contribution in [0.1, 0.15) is 49.7 Å². The summed E-state index contributed by atoms with van der Waals surface area (Å²) < 4.78 is 23.6. The highest BCUT2D eigenvalue weighted by Gasteiger charge is 2.41. The number of benzene rings is 2. The molecular weight excluding hydrogens is 372 g/mol. The van der Waals surface area contributed by atoms with Crippen molar-refractivity contribution >= 4 is 32.7 Å². The number of hydrogen-bond donors (Lipinski definition) is 0. The molecule has 0 atom stereocenters. The Bertz CT molecular complexity index is 962. The maximum absolute atomic E-state index is 11.8. The van der Waals surface area contributed by atoms with Crippen LogP contribution in [0.3, 0.4) is 0 Å². The molecule has 0 N–H and O–H groups in total. The largest absolute Gasteiger partial charge is 0.224 e. The third-order valence-corrected chi connectivity index (χ3v) is 8.07. The highest BCUT2D eigenvalue weighted by atomic mass is 32.2. The van der Waals surface area contributed by atoms with E-state index >= 15 is 0 Å². The van der Waals surface area contributed by atoms with Crippen LogP contribution in [0.4, 0.5) is 0 Å². The molecule has 0 radical (unpaired) electrons. The second kappa shape index (κ2) is 7.14. The van der Waals surface area contributed by atoms with Gasteiger partial charge < -0.3 is 0 Å². The lowest BCUT2D eigenvalue weighted by Gasteiger charge is -2.23. The van der Waals surface area contributed by atoms with E-state index in [9.17, 15) is 8.42 Å². The molecule has 0 amide bonds. The highest BCUT2D eigenvalue weighted by Crippen LogP contribution is 2.57.